The van der Waals surface area contributed by atoms with Gasteiger partial charge >= 0.3 is 11.9 Å². The van der Waals surface area contributed by atoms with Gasteiger partial charge in [0.25, 0.3) is 0 Å². The number of amides is 1. The molecule has 0 bridgehead atoms. The number of allylic oxidation sites excluding steroid dienone is 1. The van der Waals surface area contributed by atoms with Crippen LogP contribution >= 0.6 is 0 Å². The summed E-state index contributed by atoms with van der Waals surface area (Å²) >= 11 is 0. The van der Waals surface area contributed by atoms with E-state index in [1.807, 2.05) is 18.2 Å². The van der Waals surface area contributed by atoms with E-state index in [2.05, 4.69) is 6.58 Å². The zero-order chi connectivity index (χ0) is 24.5. The molecule has 2 aliphatic heterocycles. The van der Waals surface area contributed by atoms with Crippen LogP contribution in [0.1, 0.15) is 18.1 Å². The lowest BCUT2D eigenvalue weighted by atomic mass is 9.67. The third-order valence-electron chi connectivity index (χ3n) is 5.89. The Morgan fingerprint density at radius 1 is 1.09 bits per heavy atom. The highest BCUT2D eigenvalue weighted by molar-refractivity contribution is 6.22. The van der Waals surface area contributed by atoms with Crippen molar-refractivity contribution in [3.63, 3.8) is 0 Å². The van der Waals surface area contributed by atoms with Crippen LogP contribution < -0.4 is 10.6 Å². The molecule has 0 saturated carbocycles. The first-order chi connectivity index (χ1) is 16.4. The molecular weight excluding hydrogens is 436 g/mol. The second kappa shape index (κ2) is 8.90. The molecule has 34 heavy (non-hydrogen) atoms. The number of methoxy groups -OCH3 is 1. The Morgan fingerprint density at radius 3 is 2.44 bits per heavy atom. The third kappa shape index (κ3) is 3.35. The van der Waals surface area contributed by atoms with Crippen LogP contribution in [0.25, 0.3) is 0 Å². The Bertz CT molecular complexity index is 1250. The van der Waals surface area contributed by atoms with E-state index < -0.39 is 23.3 Å². The minimum absolute atomic E-state index is 0.0362. The maximum atomic E-state index is 14.1. The summed E-state index contributed by atoms with van der Waals surface area (Å²) in [5.74, 6) is -2.49. The molecule has 2 aromatic rings. The number of carbonyl (C=O) groups is 3. The number of hydrogen-bond donors (Lipinski definition) is 1. The van der Waals surface area contributed by atoms with Crippen molar-refractivity contribution in [3.05, 3.63) is 101 Å². The van der Waals surface area contributed by atoms with Gasteiger partial charge in [-0.25, -0.2) is 9.59 Å². The first-order valence-corrected chi connectivity index (χ1v) is 10.6. The van der Waals surface area contributed by atoms with Gasteiger partial charge in [0.05, 0.1) is 7.11 Å². The number of ether oxygens (including phenoxy) is 3. The van der Waals surface area contributed by atoms with Crippen molar-refractivity contribution in [3.8, 4) is 0 Å². The molecular formula is C26H24N2O6. The van der Waals surface area contributed by atoms with Crippen molar-refractivity contribution in [2.24, 2.45) is 5.73 Å². The van der Waals surface area contributed by atoms with E-state index in [-0.39, 0.29) is 35.9 Å². The van der Waals surface area contributed by atoms with Crippen LogP contribution in [0, 0.1) is 0 Å². The topological polar surface area (TPSA) is 108 Å². The first-order valence-electron chi connectivity index (χ1n) is 10.6. The molecule has 2 N–H and O–H groups in total. The molecule has 0 fully saturated rings. The second-order valence-electron chi connectivity index (χ2n) is 7.80. The smallest absolute Gasteiger partial charge is 0.340 e. The zero-order valence-corrected chi connectivity index (χ0v) is 18.9. The van der Waals surface area contributed by atoms with Gasteiger partial charge in [-0.3, -0.25) is 4.79 Å². The predicted octanol–water partition coefficient (Wildman–Crippen LogP) is 2.85. The molecule has 1 unspecified atom stereocenters. The Hall–Kier alpha value is -4.33. The molecule has 0 aliphatic carbocycles. The summed E-state index contributed by atoms with van der Waals surface area (Å²) in [6.07, 6.45) is 1.56. The van der Waals surface area contributed by atoms with Gasteiger partial charge in [0.1, 0.15) is 28.9 Å². The summed E-state index contributed by atoms with van der Waals surface area (Å²) in [6.45, 7) is 5.35. The largest absolute Gasteiger partial charge is 0.465 e. The Morgan fingerprint density at radius 2 is 1.76 bits per heavy atom. The van der Waals surface area contributed by atoms with Crippen LogP contribution in [0.15, 0.2) is 90.0 Å². The van der Waals surface area contributed by atoms with E-state index in [1.54, 1.807) is 42.5 Å². The molecule has 2 heterocycles. The van der Waals surface area contributed by atoms with Crippen molar-refractivity contribution in [1.29, 1.82) is 0 Å². The molecule has 0 aromatic heterocycles. The van der Waals surface area contributed by atoms with Gasteiger partial charge in [-0.15, -0.1) is 6.58 Å². The molecule has 8 heteroatoms. The maximum absolute atomic E-state index is 14.1. The fourth-order valence-electron chi connectivity index (χ4n) is 4.54. The molecule has 2 aromatic carbocycles. The highest BCUT2D eigenvalue weighted by Crippen LogP contribution is 2.54. The van der Waals surface area contributed by atoms with E-state index >= 15 is 0 Å². The summed E-state index contributed by atoms with van der Waals surface area (Å²) in [7, 11) is 1.17. The molecule has 1 spiro atoms. The number of nitrogens with zero attached hydrogens (tertiary/aromatic N) is 1. The fourth-order valence-corrected chi connectivity index (χ4v) is 4.54. The summed E-state index contributed by atoms with van der Waals surface area (Å²) in [5, 5.41) is 0. The quantitative estimate of drug-likeness (QED) is 0.522. The Labute approximate surface area is 196 Å². The van der Waals surface area contributed by atoms with E-state index in [0.29, 0.717) is 11.3 Å². The van der Waals surface area contributed by atoms with Crippen LogP contribution in [0.4, 0.5) is 5.69 Å². The number of para-hydroxylation sites is 1. The summed E-state index contributed by atoms with van der Waals surface area (Å²) in [4.78, 5) is 42.1. The molecule has 1 amide bonds. The van der Waals surface area contributed by atoms with Gasteiger partial charge in [-0.05, 0) is 18.6 Å². The van der Waals surface area contributed by atoms with E-state index in [1.165, 1.54) is 18.9 Å². The van der Waals surface area contributed by atoms with Crippen LogP contribution in [0.2, 0.25) is 0 Å². The van der Waals surface area contributed by atoms with Crippen molar-refractivity contribution >= 4 is 23.5 Å². The SMILES string of the molecule is C=CCN1C(=O)C2(C(C(=O)OCc3ccccc3)=C(C)OC(N)=C2C(=O)OC)c2ccccc21. The van der Waals surface area contributed by atoms with Gasteiger partial charge in [-0.2, -0.15) is 0 Å². The minimum atomic E-state index is -1.90. The highest BCUT2D eigenvalue weighted by atomic mass is 16.5. The van der Waals surface area contributed by atoms with Gasteiger partial charge in [0, 0.05) is 17.8 Å². The average Bonchev–Trinajstić information content (AvgIpc) is 3.07. The fraction of sp³-hybridized carbons (Fsp3) is 0.192. The average molecular weight is 460 g/mol. The van der Waals surface area contributed by atoms with Gasteiger partial charge in [0.2, 0.25) is 11.8 Å². The van der Waals surface area contributed by atoms with Gasteiger partial charge < -0.3 is 24.8 Å². The van der Waals surface area contributed by atoms with Crippen molar-refractivity contribution in [1.82, 2.24) is 0 Å². The molecule has 174 valence electrons. The van der Waals surface area contributed by atoms with Crippen LogP contribution in [0.5, 0.6) is 0 Å². The molecule has 0 radical (unpaired) electrons. The number of fused-ring (bicyclic) bond motifs is 2. The molecule has 2 aliphatic rings. The molecule has 1 atom stereocenters. The Balaban J connectivity index is 1.93. The number of anilines is 1. The van der Waals surface area contributed by atoms with Gasteiger partial charge in [0.15, 0.2) is 0 Å². The van der Waals surface area contributed by atoms with Crippen LogP contribution in [-0.2, 0) is 40.6 Å². The summed E-state index contributed by atoms with van der Waals surface area (Å²) < 4.78 is 16.2. The molecule has 0 saturated heterocycles. The lowest BCUT2D eigenvalue weighted by Crippen LogP contribution is -2.50. The lowest BCUT2D eigenvalue weighted by molar-refractivity contribution is -0.143. The normalized spacial score (nSPS) is 19.1. The Kier molecular flexibility index (Phi) is 5.98. The maximum Gasteiger partial charge on any atom is 0.340 e. The predicted molar refractivity (Wildman–Crippen MR) is 124 cm³/mol. The molecule has 4 rings (SSSR count). The monoisotopic (exact) mass is 460 g/mol. The zero-order valence-electron chi connectivity index (χ0n) is 18.9. The molecule has 8 nitrogen and oxygen atoms in total. The highest BCUT2D eigenvalue weighted by Gasteiger charge is 2.63. The standard InChI is InChI=1S/C26H24N2O6/c1-4-14-28-19-13-9-8-12-18(19)26(25(28)31)20(16(2)34-22(27)21(26)23(29)32-3)24(30)33-15-17-10-6-5-7-11-17/h4-13H,1,14-15,27H2,2-3H3. The number of benzene rings is 2. The number of nitrogens with two attached hydrogens (primary N) is 1. The first kappa shape index (κ1) is 22.8. The second-order valence-corrected chi connectivity index (χ2v) is 7.80. The lowest BCUT2D eigenvalue weighted by Gasteiger charge is -2.36. The van der Waals surface area contributed by atoms with Crippen molar-refractivity contribution in [2.45, 2.75) is 18.9 Å². The number of esters is 2. The summed E-state index contributed by atoms with van der Waals surface area (Å²) in [6, 6.07) is 16.0. The van der Waals surface area contributed by atoms with Crippen LogP contribution in [-0.4, -0.2) is 31.5 Å². The van der Waals surface area contributed by atoms with Crippen LogP contribution in [0.3, 0.4) is 0 Å². The number of carbonyl (C=O) groups excluding carboxylic acids is 3. The minimum Gasteiger partial charge on any atom is -0.465 e. The number of hydrogen-bond acceptors (Lipinski definition) is 7. The van der Waals surface area contributed by atoms with Crippen molar-refractivity contribution < 1.29 is 28.6 Å². The van der Waals surface area contributed by atoms with Crippen molar-refractivity contribution in [2.75, 3.05) is 18.6 Å². The number of rotatable bonds is 6. The summed E-state index contributed by atoms with van der Waals surface area (Å²) in [5.41, 5.74) is 5.54. The third-order valence-corrected chi connectivity index (χ3v) is 5.89. The van der Waals surface area contributed by atoms with E-state index in [9.17, 15) is 14.4 Å². The van der Waals surface area contributed by atoms with E-state index in [4.69, 9.17) is 19.9 Å². The van der Waals surface area contributed by atoms with Gasteiger partial charge in [-0.1, -0.05) is 54.6 Å². The van der Waals surface area contributed by atoms with E-state index in [0.717, 1.165) is 5.56 Å².